The van der Waals surface area contributed by atoms with Crippen molar-refractivity contribution in [3.8, 4) is 0 Å². The lowest BCUT2D eigenvalue weighted by atomic mass is 10.0. The molecule has 0 unspecified atom stereocenters. The Morgan fingerprint density at radius 3 is 2.62 bits per heavy atom. The van der Waals surface area contributed by atoms with Gasteiger partial charge in [0.25, 0.3) is 0 Å². The second-order valence-corrected chi connectivity index (χ2v) is 3.92. The number of benzene rings is 1. The summed E-state index contributed by atoms with van der Waals surface area (Å²) in [6.07, 6.45) is 0.965. The third-order valence-corrected chi connectivity index (χ3v) is 2.42. The van der Waals surface area contributed by atoms with Crippen molar-refractivity contribution < 1.29 is 14.0 Å². The Balaban J connectivity index is 2.73. The van der Waals surface area contributed by atoms with Crippen LogP contribution in [-0.2, 0) is 4.79 Å². The van der Waals surface area contributed by atoms with E-state index in [1.807, 2.05) is 6.92 Å². The summed E-state index contributed by atoms with van der Waals surface area (Å²) in [6.45, 7) is 1.87. The molecule has 16 heavy (non-hydrogen) atoms. The van der Waals surface area contributed by atoms with Crippen molar-refractivity contribution in [3.63, 3.8) is 0 Å². The van der Waals surface area contributed by atoms with Crippen LogP contribution in [0.3, 0.4) is 0 Å². The summed E-state index contributed by atoms with van der Waals surface area (Å²) in [6, 6.07) is 3.71. The van der Waals surface area contributed by atoms with E-state index in [1.54, 1.807) is 0 Å². The van der Waals surface area contributed by atoms with Crippen molar-refractivity contribution in [2.45, 2.75) is 26.2 Å². The third-order valence-electron chi connectivity index (χ3n) is 2.13. The highest BCUT2D eigenvalue weighted by Gasteiger charge is 2.12. The van der Waals surface area contributed by atoms with Gasteiger partial charge < -0.3 is 0 Å². The zero-order valence-electron chi connectivity index (χ0n) is 8.93. The quantitative estimate of drug-likeness (QED) is 0.586. The molecule has 0 heterocycles. The van der Waals surface area contributed by atoms with Crippen LogP contribution >= 0.6 is 11.6 Å². The minimum absolute atomic E-state index is 0.103. The average Bonchev–Trinajstić information content (AvgIpc) is 2.22. The molecule has 0 spiro atoms. The predicted molar refractivity (Wildman–Crippen MR) is 60.3 cm³/mol. The van der Waals surface area contributed by atoms with Gasteiger partial charge in [0.2, 0.25) is 0 Å². The van der Waals surface area contributed by atoms with Crippen LogP contribution in [0.1, 0.15) is 36.5 Å². The first-order valence-corrected chi connectivity index (χ1v) is 5.42. The van der Waals surface area contributed by atoms with Crippen molar-refractivity contribution >= 4 is 23.2 Å². The Hall–Kier alpha value is -1.22. The molecule has 0 aliphatic heterocycles. The Bertz CT molecular complexity index is 415. The summed E-state index contributed by atoms with van der Waals surface area (Å²) < 4.78 is 12.8. The normalized spacial score (nSPS) is 10.2. The lowest BCUT2D eigenvalue weighted by Crippen LogP contribution is -2.07. The van der Waals surface area contributed by atoms with Crippen molar-refractivity contribution in [3.05, 3.63) is 34.6 Å². The molecular weight excluding hydrogens is 231 g/mol. The van der Waals surface area contributed by atoms with E-state index in [2.05, 4.69) is 0 Å². The van der Waals surface area contributed by atoms with Gasteiger partial charge in [0, 0.05) is 12.0 Å². The Morgan fingerprint density at radius 1 is 1.38 bits per heavy atom. The van der Waals surface area contributed by atoms with E-state index >= 15 is 0 Å². The summed E-state index contributed by atoms with van der Waals surface area (Å²) in [5, 5.41) is -0.103. The molecule has 2 nitrogen and oxygen atoms in total. The molecule has 0 atom stereocenters. The Labute approximate surface area is 98.4 Å². The molecule has 86 valence electrons. The second-order valence-electron chi connectivity index (χ2n) is 3.52. The highest BCUT2D eigenvalue weighted by molar-refractivity contribution is 6.31. The first kappa shape index (κ1) is 12.8. The molecule has 0 aliphatic carbocycles. The predicted octanol–water partition coefficient (Wildman–Crippen LogP) is 3.42. The van der Waals surface area contributed by atoms with Gasteiger partial charge in [-0.25, -0.2) is 4.39 Å². The van der Waals surface area contributed by atoms with E-state index in [0.29, 0.717) is 6.42 Å². The van der Waals surface area contributed by atoms with Crippen molar-refractivity contribution in [1.29, 1.82) is 0 Å². The molecule has 1 rings (SSSR count). The molecule has 0 saturated heterocycles. The number of halogens is 2. The van der Waals surface area contributed by atoms with Gasteiger partial charge in [-0.2, -0.15) is 0 Å². The molecule has 0 N–H and O–H groups in total. The second kappa shape index (κ2) is 5.75. The molecule has 0 bridgehead atoms. The van der Waals surface area contributed by atoms with Crippen LogP contribution in [0.2, 0.25) is 5.02 Å². The summed E-state index contributed by atoms with van der Waals surface area (Å²) in [5.41, 5.74) is 0.274. The van der Waals surface area contributed by atoms with Crippen LogP contribution in [0, 0.1) is 5.82 Å². The Kier molecular flexibility index (Phi) is 4.62. The van der Waals surface area contributed by atoms with E-state index in [1.165, 1.54) is 12.1 Å². The van der Waals surface area contributed by atoms with Gasteiger partial charge >= 0.3 is 0 Å². The lowest BCUT2D eigenvalue weighted by Gasteiger charge is -2.01. The summed E-state index contributed by atoms with van der Waals surface area (Å²) in [5.74, 6) is -0.994. The fourth-order valence-corrected chi connectivity index (χ4v) is 1.50. The summed E-state index contributed by atoms with van der Waals surface area (Å²) in [4.78, 5) is 22.8. The van der Waals surface area contributed by atoms with Crippen LogP contribution in [0.25, 0.3) is 0 Å². The van der Waals surface area contributed by atoms with E-state index in [0.717, 1.165) is 12.5 Å². The van der Waals surface area contributed by atoms with E-state index in [-0.39, 0.29) is 28.6 Å². The molecule has 1 aromatic carbocycles. The lowest BCUT2D eigenvalue weighted by molar-refractivity contribution is -0.118. The first-order chi connectivity index (χ1) is 7.54. The van der Waals surface area contributed by atoms with Crippen LogP contribution in [0.15, 0.2) is 18.2 Å². The van der Waals surface area contributed by atoms with E-state index < -0.39 is 5.82 Å². The maximum atomic E-state index is 12.8. The number of carbonyl (C=O) groups is 2. The molecule has 0 radical (unpaired) electrons. The molecule has 0 aromatic heterocycles. The maximum absolute atomic E-state index is 12.8. The average molecular weight is 243 g/mol. The molecule has 0 amide bonds. The third kappa shape index (κ3) is 3.42. The summed E-state index contributed by atoms with van der Waals surface area (Å²) >= 11 is 5.54. The molecule has 4 heteroatoms. The largest absolute Gasteiger partial charge is 0.299 e. The van der Waals surface area contributed by atoms with Crippen LogP contribution in [0.4, 0.5) is 4.39 Å². The van der Waals surface area contributed by atoms with Crippen LogP contribution in [0.5, 0.6) is 0 Å². The number of Topliss-reactive ketones (excluding diaryl/α,β-unsaturated/α-hetero) is 2. The van der Waals surface area contributed by atoms with Crippen LogP contribution < -0.4 is 0 Å². The monoisotopic (exact) mass is 242 g/mol. The molecular formula is C12H12ClFO2. The number of hydrogen-bond acceptors (Lipinski definition) is 2. The SMILES string of the molecule is CCCC(=O)CC(=O)c1ccc(F)c(Cl)c1. The topological polar surface area (TPSA) is 34.1 Å². The first-order valence-electron chi connectivity index (χ1n) is 5.04. The zero-order chi connectivity index (χ0) is 12.1. The van der Waals surface area contributed by atoms with E-state index in [9.17, 15) is 14.0 Å². The molecule has 0 aliphatic rings. The fourth-order valence-electron chi connectivity index (χ4n) is 1.32. The van der Waals surface area contributed by atoms with Crippen molar-refractivity contribution in [1.82, 2.24) is 0 Å². The highest BCUT2D eigenvalue weighted by Crippen LogP contribution is 2.17. The van der Waals surface area contributed by atoms with Gasteiger partial charge in [-0.3, -0.25) is 9.59 Å². The van der Waals surface area contributed by atoms with E-state index in [4.69, 9.17) is 11.6 Å². The van der Waals surface area contributed by atoms with Crippen molar-refractivity contribution in [2.24, 2.45) is 0 Å². The van der Waals surface area contributed by atoms with Gasteiger partial charge in [-0.05, 0) is 24.6 Å². The number of rotatable bonds is 5. The molecule has 0 fully saturated rings. The zero-order valence-corrected chi connectivity index (χ0v) is 9.68. The van der Waals surface area contributed by atoms with Crippen molar-refractivity contribution in [2.75, 3.05) is 0 Å². The standard InChI is InChI=1S/C12H12ClFO2/c1-2-3-9(15)7-12(16)8-4-5-11(14)10(13)6-8/h4-6H,2-3,7H2,1H3. The highest BCUT2D eigenvalue weighted by atomic mass is 35.5. The summed E-state index contributed by atoms with van der Waals surface area (Å²) in [7, 11) is 0. The Morgan fingerprint density at radius 2 is 2.06 bits per heavy atom. The number of carbonyl (C=O) groups excluding carboxylic acids is 2. The fraction of sp³-hybridized carbons (Fsp3) is 0.333. The van der Waals surface area contributed by atoms with Gasteiger partial charge in [-0.1, -0.05) is 18.5 Å². The van der Waals surface area contributed by atoms with Gasteiger partial charge in [0.1, 0.15) is 11.6 Å². The van der Waals surface area contributed by atoms with Crippen LogP contribution in [-0.4, -0.2) is 11.6 Å². The minimum atomic E-state index is -0.571. The maximum Gasteiger partial charge on any atom is 0.170 e. The number of hydrogen-bond donors (Lipinski definition) is 0. The minimum Gasteiger partial charge on any atom is -0.299 e. The van der Waals surface area contributed by atoms with Gasteiger partial charge in [-0.15, -0.1) is 0 Å². The van der Waals surface area contributed by atoms with Gasteiger partial charge in [0.05, 0.1) is 11.4 Å². The molecule has 0 saturated carbocycles. The molecule has 1 aromatic rings. The van der Waals surface area contributed by atoms with Gasteiger partial charge in [0.15, 0.2) is 5.78 Å². The smallest absolute Gasteiger partial charge is 0.170 e. The number of ketones is 2.